The molecular formula is C12H27N3. The van der Waals surface area contributed by atoms with Crippen LogP contribution >= 0.6 is 0 Å². The highest BCUT2D eigenvalue weighted by molar-refractivity contribution is 4.85. The maximum atomic E-state index is 5.85. The van der Waals surface area contributed by atoms with Gasteiger partial charge in [-0.2, -0.15) is 0 Å². The second-order valence-electron chi connectivity index (χ2n) is 5.51. The van der Waals surface area contributed by atoms with Gasteiger partial charge in [-0.05, 0) is 45.4 Å². The number of likely N-dealkylation sites (tertiary alicyclic amines) is 1. The van der Waals surface area contributed by atoms with Crippen molar-refractivity contribution < 1.29 is 0 Å². The third kappa shape index (κ3) is 3.44. The lowest BCUT2D eigenvalue weighted by atomic mass is 9.87. The quantitative estimate of drug-likeness (QED) is 0.739. The Morgan fingerprint density at radius 3 is 2.53 bits per heavy atom. The van der Waals surface area contributed by atoms with Crippen LogP contribution < -0.4 is 5.73 Å². The van der Waals surface area contributed by atoms with Gasteiger partial charge in [-0.3, -0.25) is 0 Å². The van der Waals surface area contributed by atoms with Crippen LogP contribution in [0.15, 0.2) is 0 Å². The van der Waals surface area contributed by atoms with Crippen molar-refractivity contribution in [3.8, 4) is 0 Å². The normalized spacial score (nSPS) is 27.2. The van der Waals surface area contributed by atoms with E-state index in [4.69, 9.17) is 5.73 Å². The van der Waals surface area contributed by atoms with Gasteiger partial charge in [0.25, 0.3) is 0 Å². The maximum absolute atomic E-state index is 5.85. The molecule has 0 spiro atoms. The first-order valence-corrected chi connectivity index (χ1v) is 6.09. The highest BCUT2D eigenvalue weighted by atomic mass is 15.2. The smallest absolute Gasteiger partial charge is 0.0229 e. The molecule has 1 heterocycles. The molecule has 90 valence electrons. The summed E-state index contributed by atoms with van der Waals surface area (Å²) in [6.45, 7) is 8.94. The average molecular weight is 213 g/mol. The molecule has 3 nitrogen and oxygen atoms in total. The van der Waals surface area contributed by atoms with Crippen LogP contribution in [0, 0.1) is 5.41 Å². The number of hydrogen-bond donors (Lipinski definition) is 1. The molecule has 15 heavy (non-hydrogen) atoms. The average Bonchev–Trinajstić information content (AvgIpc) is 2.66. The zero-order valence-electron chi connectivity index (χ0n) is 10.8. The molecule has 3 heteroatoms. The molecule has 2 N–H and O–H groups in total. The van der Waals surface area contributed by atoms with Crippen LogP contribution in [-0.4, -0.2) is 56.1 Å². The minimum atomic E-state index is 0.307. The molecule has 1 aliphatic heterocycles. The summed E-state index contributed by atoms with van der Waals surface area (Å²) in [6.07, 6.45) is 2.48. The van der Waals surface area contributed by atoms with Gasteiger partial charge in [-0.25, -0.2) is 0 Å². The van der Waals surface area contributed by atoms with Crippen molar-refractivity contribution in [2.75, 3.05) is 40.3 Å². The fourth-order valence-electron chi connectivity index (χ4n) is 2.24. The number of rotatable bonds is 5. The lowest BCUT2D eigenvalue weighted by Crippen LogP contribution is -2.40. The molecule has 1 aliphatic rings. The molecule has 0 saturated carbocycles. The van der Waals surface area contributed by atoms with E-state index in [-0.39, 0.29) is 0 Å². The SMILES string of the molecule is CCC(C)(CN)CN1CCC(N(C)C)C1. The predicted molar refractivity (Wildman–Crippen MR) is 66.0 cm³/mol. The van der Waals surface area contributed by atoms with Gasteiger partial charge in [0.1, 0.15) is 0 Å². The fourth-order valence-corrected chi connectivity index (χ4v) is 2.24. The van der Waals surface area contributed by atoms with Gasteiger partial charge in [0.05, 0.1) is 0 Å². The van der Waals surface area contributed by atoms with Gasteiger partial charge in [0.2, 0.25) is 0 Å². The van der Waals surface area contributed by atoms with Gasteiger partial charge in [0.15, 0.2) is 0 Å². The zero-order valence-corrected chi connectivity index (χ0v) is 10.8. The van der Waals surface area contributed by atoms with E-state index in [0.29, 0.717) is 5.41 Å². The van der Waals surface area contributed by atoms with E-state index in [9.17, 15) is 0 Å². The Bertz CT molecular complexity index is 187. The zero-order chi connectivity index (χ0) is 11.5. The molecule has 0 aromatic rings. The molecule has 0 aromatic carbocycles. The van der Waals surface area contributed by atoms with Crippen LogP contribution in [0.4, 0.5) is 0 Å². The van der Waals surface area contributed by atoms with Crippen LogP contribution in [0.1, 0.15) is 26.7 Å². The number of likely N-dealkylation sites (N-methyl/N-ethyl adjacent to an activating group) is 1. The van der Waals surface area contributed by atoms with Crippen molar-refractivity contribution in [1.29, 1.82) is 0 Å². The lowest BCUT2D eigenvalue weighted by Gasteiger charge is -2.32. The second kappa shape index (κ2) is 5.28. The summed E-state index contributed by atoms with van der Waals surface area (Å²) in [5, 5.41) is 0. The van der Waals surface area contributed by atoms with E-state index in [0.717, 1.165) is 19.1 Å². The topological polar surface area (TPSA) is 32.5 Å². The summed E-state index contributed by atoms with van der Waals surface area (Å²) < 4.78 is 0. The second-order valence-corrected chi connectivity index (χ2v) is 5.51. The van der Waals surface area contributed by atoms with E-state index in [1.54, 1.807) is 0 Å². The standard InChI is InChI=1S/C12H27N3/c1-5-12(2,9-13)10-15-7-6-11(8-15)14(3)4/h11H,5-10,13H2,1-4H3. The molecule has 1 rings (SSSR count). The highest BCUT2D eigenvalue weighted by Gasteiger charge is 2.29. The number of nitrogens with zero attached hydrogens (tertiary/aromatic N) is 2. The third-order valence-corrected chi connectivity index (χ3v) is 3.93. The Labute approximate surface area is 94.6 Å². The summed E-state index contributed by atoms with van der Waals surface area (Å²) in [5.41, 5.74) is 6.16. The van der Waals surface area contributed by atoms with Crippen molar-refractivity contribution in [3.63, 3.8) is 0 Å². The Kier molecular flexibility index (Phi) is 4.56. The Morgan fingerprint density at radius 2 is 2.13 bits per heavy atom. The molecule has 2 unspecified atom stereocenters. The van der Waals surface area contributed by atoms with Gasteiger partial charge < -0.3 is 15.5 Å². The Morgan fingerprint density at radius 1 is 1.47 bits per heavy atom. The molecule has 0 bridgehead atoms. The van der Waals surface area contributed by atoms with E-state index < -0.39 is 0 Å². The number of hydrogen-bond acceptors (Lipinski definition) is 3. The molecule has 0 amide bonds. The molecule has 0 radical (unpaired) electrons. The summed E-state index contributed by atoms with van der Waals surface area (Å²) in [6, 6.07) is 0.740. The van der Waals surface area contributed by atoms with Crippen molar-refractivity contribution in [2.24, 2.45) is 11.1 Å². The predicted octanol–water partition coefficient (Wildman–Crippen LogP) is 0.997. The molecule has 1 fully saturated rings. The Hall–Kier alpha value is -0.120. The van der Waals surface area contributed by atoms with Crippen LogP contribution in [0.3, 0.4) is 0 Å². The molecule has 0 aliphatic carbocycles. The first-order chi connectivity index (χ1) is 7.00. The minimum absolute atomic E-state index is 0.307. The van der Waals surface area contributed by atoms with Crippen molar-refractivity contribution in [1.82, 2.24) is 9.80 Å². The van der Waals surface area contributed by atoms with E-state index in [2.05, 4.69) is 37.7 Å². The first kappa shape index (κ1) is 12.9. The van der Waals surface area contributed by atoms with Gasteiger partial charge in [-0.1, -0.05) is 13.8 Å². The van der Waals surface area contributed by atoms with Crippen LogP contribution in [0.2, 0.25) is 0 Å². The first-order valence-electron chi connectivity index (χ1n) is 6.09. The van der Waals surface area contributed by atoms with Crippen molar-refractivity contribution >= 4 is 0 Å². The molecule has 0 aromatic heterocycles. The monoisotopic (exact) mass is 213 g/mol. The van der Waals surface area contributed by atoms with Crippen LogP contribution in [0.25, 0.3) is 0 Å². The van der Waals surface area contributed by atoms with E-state index >= 15 is 0 Å². The summed E-state index contributed by atoms with van der Waals surface area (Å²) >= 11 is 0. The highest BCUT2D eigenvalue weighted by Crippen LogP contribution is 2.24. The summed E-state index contributed by atoms with van der Waals surface area (Å²) in [5.74, 6) is 0. The van der Waals surface area contributed by atoms with Gasteiger partial charge in [0, 0.05) is 19.1 Å². The summed E-state index contributed by atoms with van der Waals surface area (Å²) in [7, 11) is 4.35. The fraction of sp³-hybridized carbons (Fsp3) is 1.00. The van der Waals surface area contributed by atoms with Crippen LogP contribution in [-0.2, 0) is 0 Å². The maximum Gasteiger partial charge on any atom is 0.0229 e. The minimum Gasteiger partial charge on any atom is -0.330 e. The van der Waals surface area contributed by atoms with Gasteiger partial charge in [-0.15, -0.1) is 0 Å². The van der Waals surface area contributed by atoms with E-state index in [1.165, 1.54) is 25.9 Å². The third-order valence-electron chi connectivity index (χ3n) is 3.93. The van der Waals surface area contributed by atoms with Gasteiger partial charge >= 0.3 is 0 Å². The largest absolute Gasteiger partial charge is 0.330 e. The van der Waals surface area contributed by atoms with E-state index in [1.807, 2.05) is 0 Å². The molecule has 2 atom stereocenters. The Balaban J connectivity index is 2.41. The van der Waals surface area contributed by atoms with Crippen molar-refractivity contribution in [3.05, 3.63) is 0 Å². The van der Waals surface area contributed by atoms with Crippen molar-refractivity contribution in [2.45, 2.75) is 32.7 Å². The molecule has 1 saturated heterocycles. The summed E-state index contributed by atoms with van der Waals surface area (Å²) in [4.78, 5) is 4.91. The molecular weight excluding hydrogens is 186 g/mol. The van der Waals surface area contributed by atoms with Crippen LogP contribution in [0.5, 0.6) is 0 Å². The number of nitrogens with two attached hydrogens (primary N) is 1. The lowest BCUT2D eigenvalue weighted by molar-refractivity contribution is 0.179.